The molecule has 2 amide bonds. The lowest BCUT2D eigenvalue weighted by atomic mass is 10.2. The van der Waals surface area contributed by atoms with Crippen LogP contribution in [0.3, 0.4) is 0 Å². The number of benzene rings is 1. The van der Waals surface area contributed by atoms with E-state index in [-0.39, 0.29) is 6.03 Å². The number of hydrogen-bond acceptors (Lipinski definition) is 6. The number of imidazole rings is 1. The molecule has 1 saturated heterocycles. The highest BCUT2D eigenvalue weighted by molar-refractivity contribution is 5.91. The molecule has 0 spiro atoms. The van der Waals surface area contributed by atoms with Gasteiger partial charge in [-0.15, -0.1) is 0 Å². The van der Waals surface area contributed by atoms with Crippen LogP contribution in [0.2, 0.25) is 0 Å². The molecule has 0 unspecified atom stereocenters. The molecule has 9 heteroatoms. The highest BCUT2D eigenvalue weighted by atomic mass is 16.5. The molecule has 164 valence electrons. The first-order valence-electron chi connectivity index (χ1n) is 10.4. The molecule has 1 aliphatic heterocycles. The molecule has 0 aliphatic carbocycles. The highest BCUT2D eigenvalue weighted by Gasteiger charge is 2.22. The van der Waals surface area contributed by atoms with Crippen molar-refractivity contribution in [1.82, 2.24) is 24.3 Å². The molecule has 31 heavy (non-hydrogen) atoms. The molecular weight excluding hydrogens is 396 g/mol. The summed E-state index contributed by atoms with van der Waals surface area (Å²) in [5.74, 6) is 2.24. The number of rotatable bonds is 6. The average Bonchev–Trinajstić information content (AvgIpc) is 3.12. The van der Waals surface area contributed by atoms with E-state index in [1.165, 1.54) is 0 Å². The first-order valence-corrected chi connectivity index (χ1v) is 10.4. The van der Waals surface area contributed by atoms with E-state index in [4.69, 9.17) is 9.47 Å². The number of urea groups is 1. The van der Waals surface area contributed by atoms with E-state index in [0.717, 1.165) is 43.2 Å². The van der Waals surface area contributed by atoms with E-state index >= 15 is 0 Å². The minimum atomic E-state index is -0.133. The molecule has 1 aliphatic rings. The molecule has 3 aromatic rings. The van der Waals surface area contributed by atoms with Gasteiger partial charge in [0.05, 0.1) is 19.9 Å². The zero-order chi connectivity index (χ0) is 21.8. The molecule has 1 aromatic carbocycles. The molecule has 1 N–H and O–H groups in total. The number of piperazine rings is 1. The van der Waals surface area contributed by atoms with Gasteiger partial charge in [-0.3, -0.25) is 4.90 Å². The minimum Gasteiger partial charge on any atom is -0.497 e. The van der Waals surface area contributed by atoms with Crippen LogP contribution in [0.15, 0.2) is 36.5 Å². The average molecular weight is 425 g/mol. The van der Waals surface area contributed by atoms with Gasteiger partial charge in [-0.2, -0.15) is 0 Å². The summed E-state index contributed by atoms with van der Waals surface area (Å²) in [6.45, 7) is 6.70. The zero-order valence-corrected chi connectivity index (χ0v) is 18.2. The summed E-state index contributed by atoms with van der Waals surface area (Å²) in [4.78, 5) is 26.0. The molecule has 0 atom stereocenters. The normalized spacial score (nSPS) is 14.6. The largest absolute Gasteiger partial charge is 0.497 e. The van der Waals surface area contributed by atoms with E-state index in [9.17, 15) is 4.79 Å². The van der Waals surface area contributed by atoms with Crippen LogP contribution in [0.4, 0.5) is 10.5 Å². The van der Waals surface area contributed by atoms with Crippen LogP contribution in [-0.4, -0.2) is 77.3 Å². The maximum Gasteiger partial charge on any atom is 0.322 e. The third-order valence-corrected chi connectivity index (χ3v) is 5.64. The Hall–Kier alpha value is -3.33. The maximum absolute atomic E-state index is 12.8. The number of nitrogens with one attached hydrogen (secondary N) is 1. The van der Waals surface area contributed by atoms with Gasteiger partial charge in [0.15, 0.2) is 5.65 Å². The second kappa shape index (κ2) is 9.22. The number of amides is 2. The van der Waals surface area contributed by atoms with Gasteiger partial charge in [0.2, 0.25) is 0 Å². The van der Waals surface area contributed by atoms with Gasteiger partial charge in [-0.05, 0) is 31.2 Å². The van der Waals surface area contributed by atoms with E-state index in [2.05, 4.69) is 24.8 Å². The highest BCUT2D eigenvalue weighted by Crippen LogP contribution is 2.29. The molecular formula is C22H28N6O3. The summed E-state index contributed by atoms with van der Waals surface area (Å²) in [7, 11) is 3.17. The molecule has 2 aromatic heterocycles. The number of methoxy groups -OCH3 is 2. The van der Waals surface area contributed by atoms with Crippen LogP contribution in [0.1, 0.15) is 5.82 Å². The molecule has 9 nitrogen and oxygen atoms in total. The number of anilines is 1. The van der Waals surface area contributed by atoms with E-state index in [0.29, 0.717) is 30.3 Å². The van der Waals surface area contributed by atoms with Crippen LogP contribution < -0.4 is 14.8 Å². The quantitative estimate of drug-likeness (QED) is 0.655. The van der Waals surface area contributed by atoms with Gasteiger partial charge in [0, 0.05) is 51.5 Å². The standard InChI is InChI=1S/C22H28N6O3/c1-16-24-18-5-4-8-23-21(18)28(16)14-11-26-9-12-27(13-10-26)22(29)25-19-15-17(30-2)6-7-20(19)31-3/h4-8,15H,9-14H2,1-3H3,(H,25,29). The van der Waals surface area contributed by atoms with Crippen LogP contribution in [-0.2, 0) is 6.54 Å². The number of carbonyl (C=O) groups excluding carboxylic acids is 1. The molecule has 0 radical (unpaired) electrons. The van der Waals surface area contributed by atoms with Crippen molar-refractivity contribution in [3.8, 4) is 11.5 Å². The first kappa shape index (κ1) is 20.9. The Morgan fingerprint density at radius 2 is 1.90 bits per heavy atom. The van der Waals surface area contributed by atoms with Crippen molar-refractivity contribution < 1.29 is 14.3 Å². The Kier molecular flexibility index (Phi) is 6.22. The monoisotopic (exact) mass is 424 g/mol. The maximum atomic E-state index is 12.8. The van der Waals surface area contributed by atoms with Crippen LogP contribution in [0, 0.1) is 6.92 Å². The van der Waals surface area contributed by atoms with Crippen molar-refractivity contribution in [3.05, 3.63) is 42.4 Å². The fraction of sp³-hybridized carbons (Fsp3) is 0.409. The van der Waals surface area contributed by atoms with Gasteiger partial charge < -0.3 is 24.3 Å². The second-order valence-corrected chi connectivity index (χ2v) is 7.48. The van der Waals surface area contributed by atoms with E-state index < -0.39 is 0 Å². The van der Waals surface area contributed by atoms with Crippen molar-refractivity contribution in [2.45, 2.75) is 13.5 Å². The number of ether oxygens (including phenoxy) is 2. The lowest BCUT2D eigenvalue weighted by Gasteiger charge is -2.34. The first-order chi connectivity index (χ1) is 15.1. The summed E-state index contributed by atoms with van der Waals surface area (Å²) in [6.07, 6.45) is 1.80. The van der Waals surface area contributed by atoms with Gasteiger partial charge >= 0.3 is 6.03 Å². The van der Waals surface area contributed by atoms with E-state index in [1.54, 1.807) is 38.6 Å². The lowest BCUT2D eigenvalue weighted by molar-refractivity contribution is 0.144. The fourth-order valence-corrected chi connectivity index (χ4v) is 3.86. The third-order valence-electron chi connectivity index (χ3n) is 5.64. The van der Waals surface area contributed by atoms with Crippen LogP contribution >= 0.6 is 0 Å². The Morgan fingerprint density at radius 3 is 2.65 bits per heavy atom. The predicted molar refractivity (Wildman–Crippen MR) is 119 cm³/mol. The van der Waals surface area contributed by atoms with Crippen molar-refractivity contribution in [2.24, 2.45) is 0 Å². The van der Waals surface area contributed by atoms with Gasteiger partial charge in [-0.1, -0.05) is 0 Å². The van der Waals surface area contributed by atoms with Gasteiger partial charge in [0.25, 0.3) is 0 Å². The number of pyridine rings is 1. The summed E-state index contributed by atoms with van der Waals surface area (Å²) >= 11 is 0. The SMILES string of the molecule is COc1ccc(OC)c(NC(=O)N2CCN(CCn3c(C)nc4cccnc43)CC2)c1. The number of aromatic nitrogens is 3. The number of fused-ring (bicyclic) bond motifs is 1. The number of nitrogens with zero attached hydrogens (tertiary/aromatic N) is 5. The third kappa shape index (κ3) is 4.56. The molecule has 0 bridgehead atoms. The van der Waals surface area contributed by atoms with Crippen LogP contribution in [0.25, 0.3) is 11.2 Å². The topological polar surface area (TPSA) is 84.8 Å². The summed E-state index contributed by atoms with van der Waals surface area (Å²) in [5, 5.41) is 2.95. The molecule has 3 heterocycles. The Labute approximate surface area is 181 Å². The summed E-state index contributed by atoms with van der Waals surface area (Å²) in [5.41, 5.74) is 2.45. The van der Waals surface area contributed by atoms with Gasteiger partial charge in [0.1, 0.15) is 22.8 Å². The number of carbonyl (C=O) groups is 1. The lowest BCUT2D eigenvalue weighted by Crippen LogP contribution is -2.50. The van der Waals surface area contributed by atoms with Crippen molar-refractivity contribution in [3.63, 3.8) is 0 Å². The second-order valence-electron chi connectivity index (χ2n) is 7.48. The smallest absolute Gasteiger partial charge is 0.322 e. The summed E-state index contributed by atoms with van der Waals surface area (Å²) in [6, 6.07) is 9.10. The zero-order valence-electron chi connectivity index (χ0n) is 18.2. The number of hydrogen-bond donors (Lipinski definition) is 1. The van der Waals surface area contributed by atoms with Crippen molar-refractivity contribution >= 4 is 22.9 Å². The minimum absolute atomic E-state index is 0.133. The van der Waals surface area contributed by atoms with E-state index in [1.807, 2.05) is 24.0 Å². The molecule has 1 fully saturated rings. The summed E-state index contributed by atoms with van der Waals surface area (Å²) < 4.78 is 12.8. The van der Waals surface area contributed by atoms with Crippen molar-refractivity contribution in [2.75, 3.05) is 52.3 Å². The van der Waals surface area contributed by atoms with Gasteiger partial charge in [-0.25, -0.2) is 14.8 Å². The Bertz CT molecular complexity index is 1060. The molecule has 0 saturated carbocycles. The fourth-order valence-electron chi connectivity index (χ4n) is 3.86. The predicted octanol–water partition coefficient (Wildman–Crippen LogP) is 2.61. The molecule has 4 rings (SSSR count). The van der Waals surface area contributed by atoms with Crippen molar-refractivity contribution in [1.29, 1.82) is 0 Å². The Balaban J connectivity index is 1.31. The Morgan fingerprint density at radius 1 is 1.10 bits per heavy atom. The number of aryl methyl sites for hydroxylation is 1. The van der Waals surface area contributed by atoms with Crippen LogP contribution in [0.5, 0.6) is 11.5 Å².